The molecule has 1 aliphatic rings. The Morgan fingerprint density at radius 1 is 1.28 bits per heavy atom. The molecule has 1 amide bonds. The van der Waals surface area contributed by atoms with E-state index in [1.807, 2.05) is 0 Å². The Balaban J connectivity index is 2.42. The van der Waals surface area contributed by atoms with Crippen LogP contribution in [-0.2, 0) is 4.79 Å². The van der Waals surface area contributed by atoms with E-state index in [1.54, 1.807) is 0 Å². The van der Waals surface area contributed by atoms with E-state index >= 15 is 0 Å². The minimum atomic E-state index is -0.0561. The van der Waals surface area contributed by atoms with Crippen LogP contribution in [-0.4, -0.2) is 19.0 Å². The van der Waals surface area contributed by atoms with Gasteiger partial charge in [0.25, 0.3) is 0 Å². The van der Waals surface area contributed by atoms with Gasteiger partial charge in [0.05, 0.1) is 0 Å². The minimum Gasteiger partial charge on any atom is -0.355 e. The Labute approximate surface area is 112 Å². The van der Waals surface area contributed by atoms with Crippen LogP contribution in [0.1, 0.15) is 65.2 Å². The Morgan fingerprint density at radius 3 is 2.44 bits per heavy atom. The molecule has 106 valence electrons. The second kappa shape index (κ2) is 7.78. The van der Waals surface area contributed by atoms with E-state index < -0.39 is 0 Å². The van der Waals surface area contributed by atoms with Crippen LogP contribution in [0.5, 0.6) is 0 Å². The van der Waals surface area contributed by atoms with Gasteiger partial charge < -0.3 is 11.1 Å². The molecule has 0 heterocycles. The van der Waals surface area contributed by atoms with E-state index in [1.165, 1.54) is 19.3 Å². The highest BCUT2D eigenvalue weighted by Gasteiger charge is 2.39. The number of carbonyl (C=O) groups is 1. The summed E-state index contributed by atoms with van der Waals surface area (Å²) in [7, 11) is 0. The molecule has 1 unspecified atom stereocenters. The van der Waals surface area contributed by atoms with Crippen LogP contribution >= 0.6 is 0 Å². The molecule has 0 saturated heterocycles. The molecule has 1 saturated carbocycles. The van der Waals surface area contributed by atoms with Crippen molar-refractivity contribution in [3.05, 3.63) is 0 Å². The molecule has 0 spiro atoms. The van der Waals surface area contributed by atoms with E-state index in [2.05, 4.69) is 19.2 Å². The molecular formula is C15H30N2O. The summed E-state index contributed by atoms with van der Waals surface area (Å²) >= 11 is 0. The Bertz CT molecular complexity index is 241. The fourth-order valence-electron chi connectivity index (χ4n) is 3.21. The molecule has 0 aromatic heterocycles. The third-order valence-electron chi connectivity index (χ3n) is 4.54. The first-order chi connectivity index (χ1) is 8.68. The largest absolute Gasteiger partial charge is 0.355 e. The Kier molecular flexibility index (Phi) is 6.69. The van der Waals surface area contributed by atoms with Crippen LogP contribution in [0.3, 0.4) is 0 Å². The third kappa shape index (κ3) is 3.98. The molecule has 0 bridgehead atoms. The molecule has 18 heavy (non-hydrogen) atoms. The van der Waals surface area contributed by atoms with Crippen molar-refractivity contribution in [2.75, 3.05) is 13.1 Å². The summed E-state index contributed by atoms with van der Waals surface area (Å²) in [6.07, 6.45) is 8.90. The summed E-state index contributed by atoms with van der Waals surface area (Å²) in [5, 5.41) is 3.19. The Hall–Kier alpha value is -0.570. The number of amides is 1. The summed E-state index contributed by atoms with van der Waals surface area (Å²) in [5.41, 5.74) is 5.57. The normalized spacial score (nSPS) is 19.7. The smallest absolute Gasteiger partial charge is 0.226 e. The van der Waals surface area contributed by atoms with Gasteiger partial charge in [-0.15, -0.1) is 0 Å². The van der Waals surface area contributed by atoms with Crippen molar-refractivity contribution in [3.8, 4) is 0 Å². The van der Waals surface area contributed by atoms with E-state index in [0.717, 1.165) is 45.2 Å². The van der Waals surface area contributed by atoms with Crippen LogP contribution < -0.4 is 11.1 Å². The van der Waals surface area contributed by atoms with Crippen molar-refractivity contribution in [1.29, 1.82) is 0 Å². The van der Waals surface area contributed by atoms with Crippen molar-refractivity contribution in [2.45, 2.75) is 65.2 Å². The molecule has 3 N–H and O–H groups in total. The molecule has 3 nitrogen and oxygen atoms in total. The molecule has 0 aromatic rings. The molecule has 1 rings (SSSR count). The van der Waals surface area contributed by atoms with Crippen molar-refractivity contribution in [1.82, 2.24) is 5.32 Å². The molecule has 0 aliphatic heterocycles. The zero-order valence-electron chi connectivity index (χ0n) is 12.1. The predicted octanol–water partition coefficient (Wildman–Crippen LogP) is 2.84. The maximum atomic E-state index is 12.4. The average molecular weight is 254 g/mol. The summed E-state index contributed by atoms with van der Waals surface area (Å²) in [6, 6.07) is 0. The lowest BCUT2D eigenvalue weighted by atomic mass is 9.82. The van der Waals surface area contributed by atoms with Crippen molar-refractivity contribution < 1.29 is 4.79 Å². The molecule has 1 atom stereocenters. The highest BCUT2D eigenvalue weighted by atomic mass is 16.2. The second-order valence-corrected chi connectivity index (χ2v) is 5.78. The lowest BCUT2D eigenvalue weighted by Crippen LogP contribution is -2.41. The van der Waals surface area contributed by atoms with Gasteiger partial charge in [-0.05, 0) is 44.6 Å². The van der Waals surface area contributed by atoms with Gasteiger partial charge in [0.2, 0.25) is 5.91 Å². The van der Waals surface area contributed by atoms with Crippen LogP contribution in [0.15, 0.2) is 0 Å². The van der Waals surface area contributed by atoms with Crippen molar-refractivity contribution >= 4 is 5.91 Å². The monoisotopic (exact) mass is 254 g/mol. The first kappa shape index (κ1) is 15.5. The predicted molar refractivity (Wildman–Crippen MR) is 76.3 cm³/mol. The lowest BCUT2D eigenvalue weighted by Gasteiger charge is -2.27. The topological polar surface area (TPSA) is 55.1 Å². The quantitative estimate of drug-likeness (QED) is 0.700. The van der Waals surface area contributed by atoms with Crippen molar-refractivity contribution in [3.63, 3.8) is 0 Å². The number of hydrogen-bond donors (Lipinski definition) is 2. The van der Waals surface area contributed by atoms with Gasteiger partial charge in [0.1, 0.15) is 0 Å². The van der Waals surface area contributed by atoms with Gasteiger partial charge in [-0.1, -0.05) is 33.1 Å². The molecule has 1 fully saturated rings. The van der Waals surface area contributed by atoms with E-state index in [0.29, 0.717) is 11.8 Å². The SMILES string of the molecule is CCCC(CCN)CNC(=O)C1(CC)CCCC1. The fourth-order valence-corrected chi connectivity index (χ4v) is 3.21. The van der Waals surface area contributed by atoms with E-state index in [9.17, 15) is 4.79 Å². The van der Waals surface area contributed by atoms with E-state index in [4.69, 9.17) is 5.73 Å². The van der Waals surface area contributed by atoms with Crippen LogP contribution in [0.4, 0.5) is 0 Å². The fraction of sp³-hybridized carbons (Fsp3) is 0.933. The molecule has 1 aliphatic carbocycles. The van der Waals surface area contributed by atoms with Gasteiger partial charge in [-0.25, -0.2) is 0 Å². The zero-order chi connectivity index (χ0) is 13.4. The van der Waals surface area contributed by atoms with Gasteiger partial charge in [-0.3, -0.25) is 4.79 Å². The second-order valence-electron chi connectivity index (χ2n) is 5.78. The first-order valence-electron chi connectivity index (χ1n) is 7.67. The molecule has 0 aromatic carbocycles. The summed E-state index contributed by atoms with van der Waals surface area (Å²) in [4.78, 5) is 12.4. The van der Waals surface area contributed by atoms with Crippen molar-refractivity contribution in [2.24, 2.45) is 17.1 Å². The number of hydrogen-bond acceptors (Lipinski definition) is 2. The summed E-state index contributed by atoms with van der Waals surface area (Å²) in [5.74, 6) is 0.847. The molecule has 0 radical (unpaired) electrons. The highest BCUT2D eigenvalue weighted by molar-refractivity contribution is 5.82. The number of nitrogens with two attached hydrogens (primary N) is 1. The van der Waals surface area contributed by atoms with Gasteiger partial charge in [-0.2, -0.15) is 0 Å². The lowest BCUT2D eigenvalue weighted by molar-refractivity contribution is -0.131. The zero-order valence-corrected chi connectivity index (χ0v) is 12.1. The standard InChI is InChI=1S/C15H30N2O/c1-3-7-13(8-11-16)12-17-14(18)15(4-2)9-5-6-10-15/h13H,3-12,16H2,1-2H3,(H,17,18). The minimum absolute atomic E-state index is 0.0561. The summed E-state index contributed by atoms with van der Waals surface area (Å²) < 4.78 is 0. The number of carbonyl (C=O) groups excluding carboxylic acids is 1. The van der Waals surface area contributed by atoms with Gasteiger partial charge >= 0.3 is 0 Å². The molecular weight excluding hydrogens is 224 g/mol. The Morgan fingerprint density at radius 2 is 1.94 bits per heavy atom. The maximum Gasteiger partial charge on any atom is 0.226 e. The third-order valence-corrected chi connectivity index (χ3v) is 4.54. The van der Waals surface area contributed by atoms with Gasteiger partial charge in [0, 0.05) is 12.0 Å². The number of rotatable bonds is 8. The maximum absolute atomic E-state index is 12.4. The van der Waals surface area contributed by atoms with E-state index in [-0.39, 0.29) is 5.41 Å². The average Bonchev–Trinajstić information content (AvgIpc) is 2.86. The molecule has 3 heteroatoms. The van der Waals surface area contributed by atoms with Gasteiger partial charge in [0.15, 0.2) is 0 Å². The highest BCUT2D eigenvalue weighted by Crippen LogP contribution is 2.41. The number of nitrogens with one attached hydrogen (secondary N) is 1. The van der Waals surface area contributed by atoms with Crippen LogP contribution in [0.25, 0.3) is 0 Å². The first-order valence-corrected chi connectivity index (χ1v) is 7.67. The van der Waals surface area contributed by atoms with Crippen LogP contribution in [0, 0.1) is 11.3 Å². The van der Waals surface area contributed by atoms with Crippen LogP contribution in [0.2, 0.25) is 0 Å². The summed E-state index contributed by atoms with van der Waals surface area (Å²) in [6.45, 7) is 5.87.